The van der Waals surface area contributed by atoms with E-state index in [1.54, 1.807) is 12.1 Å². The number of amides is 5. The third kappa shape index (κ3) is 12.3. The van der Waals surface area contributed by atoms with Crippen LogP contribution in [0.5, 0.6) is 0 Å². The molecule has 1 aliphatic rings. The third-order valence-corrected chi connectivity index (χ3v) is 7.16. The van der Waals surface area contributed by atoms with Gasteiger partial charge in [-0.2, -0.15) is 0 Å². The highest BCUT2D eigenvalue weighted by molar-refractivity contribution is 6.41. The lowest BCUT2D eigenvalue weighted by atomic mass is 9.92. The second-order valence-corrected chi connectivity index (χ2v) is 10.8. The van der Waals surface area contributed by atoms with Crippen LogP contribution in [0.1, 0.15) is 54.9 Å². The summed E-state index contributed by atoms with van der Waals surface area (Å²) >= 11 is 0. The van der Waals surface area contributed by atoms with Crippen molar-refractivity contribution in [2.75, 3.05) is 32.7 Å². The minimum atomic E-state index is -1.73. The number of hydrogen-bond acceptors (Lipinski definition) is 8. The fourth-order valence-electron chi connectivity index (χ4n) is 4.62. The van der Waals surface area contributed by atoms with Crippen LogP contribution in [0.3, 0.4) is 0 Å². The quantitative estimate of drug-likeness (QED) is 0.168. The monoisotopic (exact) mass is 623 g/mol. The molecule has 1 saturated heterocycles. The molecule has 13 nitrogen and oxygen atoms in total. The van der Waals surface area contributed by atoms with Gasteiger partial charge in [-0.05, 0) is 60.9 Å². The largest absolute Gasteiger partial charge is 0.472 e. The predicted octanol–water partition coefficient (Wildman–Crippen LogP) is -0.159. The highest BCUT2D eigenvalue weighted by Crippen LogP contribution is 2.21. The van der Waals surface area contributed by atoms with E-state index in [-0.39, 0.29) is 26.2 Å². The summed E-state index contributed by atoms with van der Waals surface area (Å²) in [7, 11) is -1.73. The van der Waals surface area contributed by atoms with E-state index in [2.05, 4.69) is 57.8 Å². The first-order chi connectivity index (χ1) is 21.7. The van der Waals surface area contributed by atoms with Gasteiger partial charge in [0.1, 0.15) is 12.1 Å². The first-order valence-electron chi connectivity index (χ1n) is 15.2. The highest BCUT2D eigenvalue weighted by Gasteiger charge is 2.25. The summed E-state index contributed by atoms with van der Waals surface area (Å²) in [5.74, 6) is -2.98. The molecule has 0 spiro atoms. The van der Waals surface area contributed by atoms with Crippen molar-refractivity contribution in [3.8, 4) is 11.1 Å². The number of unbranched alkanes of at least 4 members (excludes halogenated alkanes) is 1. The highest BCUT2D eigenvalue weighted by atomic mass is 16.5. The van der Waals surface area contributed by atoms with Gasteiger partial charge in [0.05, 0.1) is 26.1 Å². The van der Waals surface area contributed by atoms with Gasteiger partial charge in [-0.25, -0.2) is 0 Å². The van der Waals surface area contributed by atoms with Crippen LogP contribution >= 0.6 is 0 Å². The smallest absolute Gasteiger partial charge is 0.426 e. The standard InChI is InChI=1S/C31H42BN5O8/c1-2-3-6-21-8-10-22(11-9-21)23-12-14-24(15-13-23)29(40)33-17-28(39)37-26-19-45-16-5-4-7-25(30(41)35-20-32(43)44)36-27(38)18-34-31(26)42/h8-15,25-26,43-44H,2-7,16-20H2,1H3,(H,33,40)(H,34,42)(H,35,41)(H,36,38)(H,37,39). The van der Waals surface area contributed by atoms with E-state index >= 15 is 0 Å². The van der Waals surface area contributed by atoms with Gasteiger partial charge in [0.2, 0.25) is 23.6 Å². The number of ether oxygens (including phenoxy) is 1. The average molecular weight is 624 g/mol. The molecule has 1 fully saturated rings. The molecule has 0 saturated carbocycles. The van der Waals surface area contributed by atoms with Gasteiger partial charge in [-0.15, -0.1) is 0 Å². The summed E-state index contributed by atoms with van der Waals surface area (Å²) in [6.45, 7) is 1.38. The van der Waals surface area contributed by atoms with E-state index in [9.17, 15) is 24.0 Å². The van der Waals surface area contributed by atoms with Gasteiger partial charge in [0, 0.05) is 12.2 Å². The van der Waals surface area contributed by atoms with Crippen LogP contribution in [-0.2, 0) is 30.3 Å². The lowest BCUT2D eigenvalue weighted by molar-refractivity contribution is -0.132. The summed E-state index contributed by atoms with van der Waals surface area (Å²) in [6, 6.07) is 13.3. The lowest BCUT2D eigenvalue weighted by Gasteiger charge is -2.19. The Morgan fingerprint density at radius 3 is 2.33 bits per heavy atom. The molecule has 5 amide bonds. The Morgan fingerprint density at radius 2 is 1.67 bits per heavy atom. The molecule has 242 valence electrons. The number of nitrogens with one attached hydrogen (secondary N) is 5. The number of carbonyl (C=O) groups is 5. The second kappa shape index (κ2) is 18.5. The summed E-state index contributed by atoms with van der Waals surface area (Å²) in [5.41, 5.74) is 3.66. The first kappa shape index (κ1) is 35.2. The van der Waals surface area contributed by atoms with E-state index in [0.29, 0.717) is 18.4 Å². The summed E-state index contributed by atoms with van der Waals surface area (Å²) < 4.78 is 5.56. The Morgan fingerprint density at radius 1 is 0.978 bits per heavy atom. The molecule has 0 aromatic heterocycles. The van der Waals surface area contributed by atoms with Crippen molar-refractivity contribution in [1.29, 1.82) is 0 Å². The first-order valence-corrected chi connectivity index (χ1v) is 15.2. The molecule has 1 aliphatic heterocycles. The average Bonchev–Trinajstić information content (AvgIpc) is 3.05. The molecule has 45 heavy (non-hydrogen) atoms. The zero-order chi connectivity index (χ0) is 32.6. The minimum Gasteiger partial charge on any atom is -0.426 e. The van der Waals surface area contributed by atoms with Gasteiger partial charge in [0.25, 0.3) is 5.91 Å². The van der Waals surface area contributed by atoms with Crippen molar-refractivity contribution in [3.63, 3.8) is 0 Å². The van der Waals surface area contributed by atoms with Crippen LogP contribution in [0.15, 0.2) is 48.5 Å². The van der Waals surface area contributed by atoms with Crippen molar-refractivity contribution < 1.29 is 38.8 Å². The molecule has 2 atom stereocenters. The topological polar surface area (TPSA) is 195 Å². The fraction of sp³-hybridized carbons (Fsp3) is 0.452. The molecular weight excluding hydrogens is 581 g/mol. The Bertz CT molecular complexity index is 1290. The van der Waals surface area contributed by atoms with E-state index < -0.39 is 61.7 Å². The molecule has 0 aliphatic carbocycles. The number of aryl methyl sites for hydroxylation is 1. The Balaban J connectivity index is 1.49. The second-order valence-electron chi connectivity index (χ2n) is 10.8. The van der Waals surface area contributed by atoms with Crippen LogP contribution in [0, 0.1) is 0 Å². The normalized spacial score (nSPS) is 17.8. The zero-order valence-electron chi connectivity index (χ0n) is 25.5. The van der Waals surface area contributed by atoms with Gasteiger partial charge >= 0.3 is 7.12 Å². The van der Waals surface area contributed by atoms with E-state index in [4.69, 9.17) is 14.8 Å². The Labute approximate surface area is 263 Å². The van der Waals surface area contributed by atoms with Gasteiger partial charge in [0.15, 0.2) is 0 Å². The number of hydrogen-bond donors (Lipinski definition) is 7. The summed E-state index contributed by atoms with van der Waals surface area (Å²) in [5, 5.41) is 30.3. The molecule has 2 aromatic rings. The maximum Gasteiger partial charge on any atom is 0.472 e. The molecule has 0 radical (unpaired) electrons. The fourth-order valence-corrected chi connectivity index (χ4v) is 4.62. The van der Waals surface area contributed by atoms with Crippen molar-refractivity contribution >= 4 is 36.7 Å². The third-order valence-electron chi connectivity index (χ3n) is 7.16. The number of rotatable bonds is 11. The van der Waals surface area contributed by atoms with Crippen LogP contribution in [-0.4, -0.2) is 91.5 Å². The van der Waals surface area contributed by atoms with E-state index in [1.165, 1.54) is 5.56 Å². The molecule has 0 bridgehead atoms. The molecule has 1 heterocycles. The van der Waals surface area contributed by atoms with E-state index in [1.807, 2.05) is 12.1 Å². The van der Waals surface area contributed by atoms with Crippen molar-refractivity contribution in [2.45, 2.75) is 57.5 Å². The van der Waals surface area contributed by atoms with Crippen molar-refractivity contribution in [1.82, 2.24) is 26.6 Å². The van der Waals surface area contributed by atoms with Crippen LogP contribution < -0.4 is 26.6 Å². The molecular formula is C31H42BN5O8. The predicted molar refractivity (Wildman–Crippen MR) is 168 cm³/mol. The SMILES string of the molecule is CCCCc1ccc(-c2ccc(C(=O)NCC(=O)NC3COCCCCC(C(=O)NCB(O)O)NC(=O)CNC3=O)cc2)cc1. The number of benzene rings is 2. The zero-order valence-corrected chi connectivity index (χ0v) is 25.5. The number of carbonyl (C=O) groups excluding carboxylic acids is 5. The molecule has 2 unspecified atom stereocenters. The van der Waals surface area contributed by atoms with Crippen molar-refractivity contribution in [2.24, 2.45) is 0 Å². The van der Waals surface area contributed by atoms with Crippen LogP contribution in [0.25, 0.3) is 11.1 Å². The van der Waals surface area contributed by atoms with Gasteiger partial charge in [-0.3, -0.25) is 24.0 Å². The molecule has 2 aromatic carbocycles. The molecule has 7 N–H and O–H groups in total. The lowest BCUT2D eigenvalue weighted by Crippen LogP contribution is -2.54. The minimum absolute atomic E-state index is 0.160. The molecule has 3 rings (SSSR count). The summed E-state index contributed by atoms with van der Waals surface area (Å²) in [6.07, 6.45) is 4.20. The summed E-state index contributed by atoms with van der Waals surface area (Å²) in [4.78, 5) is 62.8. The van der Waals surface area contributed by atoms with Crippen LogP contribution in [0.2, 0.25) is 0 Å². The Kier molecular flexibility index (Phi) is 14.5. The van der Waals surface area contributed by atoms with Crippen molar-refractivity contribution in [3.05, 3.63) is 59.7 Å². The molecule has 14 heteroatoms. The van der Waals surface area contributed by atoms with Gasteiger partial charge < -0.3 is 41.4 Å². The van der Waals surface area contributed by atoms with Crippen LogP contribution in [0.4, 0.5) is 0 Å². The van der Waals surface area contributed by atoms with Gasteiger partial charge in [-0.1, -0.05) is 49.7 Å². The maximum absolute atomic E-state index is 12.8. The maximum atomic E-state index is 12.8. The van der Waals surface area contributed by atoms with E-state index in [0.717, 1.165) is 30.4 Å². The Hall–Kier alpha value is -4.27.